The average Bonchev–Trinajstić information content (AvgIpc) is 3.88. The Morgan fingerprint density at radius 2 is 1.01 bits per heavy atom. The van der Waals surface area contributed by atoms with Gasteiger partial charge in [-0.15, -0.1) is 0 Å². The first-order valence-corrected chi connectivity index (χ1v) is 25.3. The van der Waals surface area contributed by atoms with Crippen molar-refractivity contribution in [1.82, 2.24) is 14.1 Å². The summed E-state index contributed by atoms with van der Waals surface area (Å²) in [6, 6.07) is 70.4. The Bertz CT molecular complexity index is 3810. The van der Waals surface area contributed by atoms with Crippen LogP contribution in [0.25, 0.3) is 66.9 Å². The molecular weight excluding hydrogens is 1040 g/mol. The fraction of sp³-hybridized carbons (Fsp3) is 0.129. The van der Waals surface area contributed by atoms with Crippen molar-refractivity contribution < 1.29 is 24.1 Å². The van der Waals surface area contributed by atoms with Gasteiger partial charge in [0.1, 0.15) is 0 Å². The summed E-state index contributed by atoms with van der Waals surface area (Å²) in [6.07, 6.45) is 0. The summed E-state index contributed by atoms with van der Waals surface area (Å²) in [4.78, 5) is 10.3. The molecule has 0 aliphatic carbocycles. The van der Waals surface area contributed by atoms with Crippen LogP contribution in [0.4, 0.5) is 22.9 Å². The molecular formula is C62H50BN5OPt. The predicted octanol–water partition coefficient (Wildman–Crippen LogP) is 15.3. The molecule has 342 valence electrons. The number of hydrogen-bond acceptors (Lipinski definition) is 4. The van der Waals surface area contributed by atoms with Crippen LogP contribution in [0.3, 0.4) is 0 Å². The molecule has 0 N–H and O–H groups in total. The van der Waals surface area contributed by atoms with Gasteiger partial charge in [0, 0.05) is 11.3 Å². The van der Waals surface area contributed by atoms with Gasteiger partial charge in [-0.3, -0.25) is 0 Å². The topological polar surface area (TPSA) is 38.5 Å². The van der Waals surface area contributed by atoms with E-state index >= 15 is 0 Å². The van der Waals surface area contributed by atoms with Crippen LogP contribution in [0.15, 0.2) is 194 Å². The molecule has 0 saturated carbocycles. The van der Waals surface area contributed by atoms with E-state index in [1.54, 1.807) is 0 Å². The zero-order valence-corrected chi connectivity index (χ0v) is 42.3. The summed E-state index contributed by atoms with van der Waals surface area (Å²) in [5, 5.41) is 0. The maximum atomic E-state index is 6.85. The fourth-order valence-electron chi connectivity index (χ4n) is 11.0. The molecule has 0 saturated heterocycles. The summed E-state index contributed by atoms with van der Waals surface area (Å²) in [5.74, 6) is 2.14. The second-order valence-electron chi connectivity index (χ2n) is 20.8. The van der Waals surface area contributed by atoms with E-state index in [-0.39, 0.29) is 17.8 Å². The molecule has 0 amide bonds. The first-order valence-electron chi connectivity index (χ1n) is 24.1. The van der Waals surface area contributed by atoms with Crippen LogP contribution in [0.1, 0.15) is 52.7 Å². The molecule has 70 heavy (non-hydrogen) atoms. The van der Waals surface area contributed by atoms with Crippen LogP contribution in [-0.4, -0.2) is 21.1 Å². The number of pyridine rings is 1. The van der Waals surface area contributed by atoms with Crippen molar-refractivity contribution in [3.05, 3.63) is 209 Å². The Labute approximate surface area is 420 Å². The molecule has 3 aliphatic heterocycles. The third-order valence-corrected chi connectivity index (χ3v) is 15.4. The molecule has 10 aromatic rings. The monoisotopic (exact) mass is 1090 g/mol. The van der Waals surface area contributed by atoms with Crippen LogP contribution in [0.2, 0.25) is 0 Å². The van der Waals surface area contributed by atoms with Crippen molar-refractivity contribution in [2.24, 2.45) is 0 Å². The van der Waals surface area contributed by atoms with Gasteiger partial charge in [0.2, 0.25) is 0 Å². The van der Waals surface area contributed by atoms with Gasteiger partial charge in [-0.2, -0.15) is 0 Å². The number of benzene rings is 8. The van der Waals surface area contributed by atoms with Crippen LogP contribution in [0.5, 0.6) is 11.6 Å². The van der Waals surface area contributed by atoms with Gasteiger partial charge >= 0.3 is 352 Å². The number of aromatic nitrogens is 3. The zero-order valence-electron chi connectivity index (χ0n) is 40.0. The van der Waals surface area contributed by atoms with E-state index in [4.69, 9.17) is 9.72 Å². The predicted molar refractivity (Wildman–Crippen MR) is 285 cm³/mol. The standard InChI is InChI=1S/C62H50BN5O.Pt/c1-61(2,3)42-35-41(36-43(37-42)62(4,5)6)47-25-17-24-46(40-19-8-7-9-20-40)59(47)66-39-65(53-29-12-13-30-54(53)66)44-21-16-22-45(38-44)69-57-34-33-51-50-27-18-26-49-48-23-10-11-28-52(48)67-55-31-14-15-32-56(55)68(60(51)64-57)63(67)58(49)50;/h7-38H,1-6H3;. The van der Waals surface area contributed by atoms with Gasteiger partial charge in [-0.1, -0.05) is 42.5 Å². The van der Waals surface area contributed by atoms with Crippen molar-refractivity contribution in [1.29, 1.82) is 0 Å². The van der Waals surface area contributed by atoms with Gasteiger partial charge < -0.3 is 0 Å². The van der Waals surface area contributed by atoms with E-state index in [1.807, 2.05) is 12.1 Å². The van der Waals surface area contributed by atoms with E-state index in [0.29, 0.717) is 11.6 Å². The number of fused-ring (bicyclic) bond motifs is 10. The van der Waals surface area contributed by atoms with E-state index in [2.05, 4.69) is 262 Å². The van der Waals surface area contributed by atoms with Crippen LogP contribution in [-0.2, 0) is 30.2 Å². The minimum atomic E-state index is -0.0663. The normalized spacial score (nSPS) is 13.3. The quantitative estimate of drug-likeness (QED) is 0.156. The van der Waals surface area contributed by atoms with Gasteiger partial charge in [-0.25, -0.2) is 0 Å². The minimum absolute atomic E-state index is 0.0365. The summed E-state index contributed by atoms with van der Waals surface area (Å²) in [5.41, 5.74) is 21.3. The molecule has 8 heteroatoms. The summed E-state index contributed by atoms with van der Waals surface area (Å²) < 4.78 is 12.7. The molecule has 13 rings (SSSR count). The van der Waals surface area contributed by atoms with Gasteiger partial charge in [-0.05, 0) is 17.7 Å². The Balaban J connectivity index is 0.948. The van der Waals surface area contributed by atoms with E-state index in [0.717, 1.165) is 48.8 Å². The molecule has 0 radical (unpaired) electrons. The van der Waals surface area contributed by atoms with Crippen molar-refractivity contribution in [2.45, 2.75) is 52.4 Å². The number of hydrogen-bond donors (Lipinski definition) is 0. The first kappa shape index (κ1) is 42.6. The van der Waals surface area contributed by atoms with Gasteiger partial charge in [0.15, 0.2) is 0 Å². The number of imidazole rings is 1. The number of anilines is 4. The second-order valence-corrected chi connectivity index (χ2v) is 21.8. The molecule has 5 heterocycles. The molecule has 0 atom stereocenters. The Hall–Kier alpha value is -7.47. The third kappa shape index (κ3) is 6.58. The molecule has 3 aliphatic rings. The van der Waals surface area contributed by atoms with E-state index in [1.165, 1.54) is 61.3 Å². The molecule has 0 bridgehead atoms. The van der Waals surface area contributed by atoms with Gasteiger partial charge in [0.25, 0.3) is 0 Å². The van der Waals surface area contributed by atoms with Crippen LogP contribution < -0.4 is 19.8 Å². The zero-order chi connectivity index (χ0) is 47.6. The van der Waals surface area contributed by atoms with Crippen LogP contribution >= 0.6 is 0 Å². The Morgan fingerprint density at radius 3 is 1.71 bits per heavy atom. The SMILES string of the molecule is CC(C)(C)c1cc(-c2cccc(-c3ccccc3)c2-n2[c](=[Pt])n(-c3cccc(Oc4ccc5c(n4)N4B6c7c(cccc7-5)-c5ccccc5N6c5ccccc54)c3)c3ccccc32)cc(C(C)(C)C)c1. The summed E-state index contributed by atoms with van der Waals surface area (Å²) in [7, 11) is 0. The van der Waals surface area contributed by atoms with Crippen molar-refractivity contribution in [3.8, 4) is 67.5 Å². The van der Waals surface area contributed by atoms with E-state index < -0.39 is 0 Å². The molecule has 2 aromatic heterocycles. The van der Waals surface area contributed by atoms with Gasteiger partial charge in [0.05, 0.1) is 0 Å². The van der Waals surface area contributed by atoms with Crippen molar-refractivity contribution in [3.63, 3.8) is 0 Å². The molecule has 0 fully saturated rings. The third-order valence-electron chi connectivity index (χ3n) is 14.4. The molecule has 8 aromatic carbocycles. The maximum absolute atomic E-state index is 6.85. The van der Waals surface area contributed by atoms with Crippen LogP contribution in [0, 0.1) is 3.80 Å². The first-order chi connectivity index (χ1) is 33.9. The van der Waals surface area contributed by atoms with E-state index in [9.17, 15) is 0 Å². The summed E-state index contributed by atoms with van der Waals surface area (Å²) >= 11 is 2.53. The number of nitrogens with zero attached hydrogens (tertiary/aromatic N) is 5. The molecule has 0 unspecified atom stereocenters. The van der Waals surface area contributed by atoms with Crippen molar-refractivity contribution in [2.75, 3.05) is 9.62 Å². The van der Waals surface area contributed by atoms with Crippen molar-refractivity contribution >= 4 is 46.4 Å². The number of para-hydroxylation sites is 6. The Morgan fingerprint density at radius 1 is 0.457 bits per heavy atom. The number of ether oxygens (including phenoxy) is 1. The molecule has 0 spiro atoms. The second kappa shape index (κ2) is 15.8. The molecule has 6 nitrogen and oxygen atoms in total. The average molecular weight is 1090 g/mol. The number of rotatable bonds is 6. The summed E-state index contributed by atoms with van der Waals surface area (Å²) in [6.45, 7) is 13.8. The fourth-order valence-corrected chi connectivity index (χ4v) is 12.1. The Kier molecular flexibility index (Phi) is 9.61.